The van der Waals surface area contributed by atoms with Crippen LogP contribution in [-0.2, 0) is 0 Å². The maximum atomic E-state index is 12.4. The molecule has 6 nitrogen and oxygen atoms in total. The van der Waals surface area contributed by atoms with Gasteiger partial charge in [0.15, 0.2) is 5.69 Å². The van der Waals surface area contributed by atoms with Crippen LogP contribution < -0.4 is 11.1 Å². The molecule has 21 heavy (non-hydrogen) atoms. The lowest BCUT2D eigenvalue weighted by atomic mass is 9.77. The van der Waals surface area contributed by atoms with Crippen molar-refractivity contribution < 1.29 is 9.90 Å². The van der Waals surface area contributed by atoms with Crippen LogP contribution in [0.5, 0.6) is 0 Å². The summed E-state index contributed by atoms with van der Waals surface area (Å²) in [6.45, 7) is 6.13. The summed E-state index contributed by atoms with van der Waals surface area (Å²) in [5.41, 5.74) is 6.87. The normalized spacial score (nSPS) is 26.0. The van der Waals surface area contributed by atoms with Crippen molar-refractivity contribution >= 4 is 11.6 Å². The summed E-state index contributed by atoms with van der Waals surface area (Å²) in [6, 6.07) is 0. The zero-order chi connectivity index (χ0) is 15.6. The third kappa shape index (κ3) is 3.20. The Morgan fingerprint density at radius 2 is 2.14 bits per heavy atom. The molecule has 1 aliphatic carbocycles. The van der Waals surface area contributed by atoms with Crippen molar-refractivity contribution in [3.63, 3.8) is 0 Å². The summed E-state index contributed by atoms with van der Waals surface area (Å²) in [5.74, 6) is 0.519. The number of aliphatic hydroxyl groups excluding tert-OH is 1. The Morgan fingerprint density at radius 3 is 2.62 bits per heavy atom. The van der Waals surface area contributed by atoms with Gasteiger partial charge in [-0.3, -0.25) is 9.89 Å². The summed E-state index contributed by atoms with van der Waals surface area (Å²) < 4.78 is 0. The molecule has 1 saturated carbocycles. The molecular weight excluding hydrogens is 268 g/mol. The Kier molecular flexibility index (Phi) is 4.56. The molecule has 1 aromatic rings. The largest absolute Gasteiger partial charge is 0.395 e. The molecule has 0 aromatic carbocycles. The summed E-state index contributed by atoms with van der Waals surface area (Å²) in [7, 11) is 0. The Labute approximate surface area is 125 Å². The predicted octanol–water partition coefficient (Wildman–Crippen LogP) is 1.79. The molecule has 0 radical (unpaired) electrons. The number of amides is 1. The van der Waals surface area contributed by atoms with Gasteiger partial charge in [0.25, 0.3) is 5.91 Å². The van der Waals surface area contributed by atoms with Crippen molar-refractivity contribution in [2.24, 2.45) is 5.92 Å². The van der Waals surface area contributed by atoms with E-state index < -0.39 is 5.54 Å². The molecule has 0 saturated heterocycles. The molecule has 1 aromatic heterocycles. The smallest absolute Gasteiger partial charge is 0.274 e. The van der Waals surface area contributed by atoms with Gasteiger partial charge in [0.2, 0.25) is 0 Å². The number of H-pyrrole nitrogens is 1. The Bertz CT molecular complexity index is 502. The summed E-state index contributed by atoms with van der Waals surface area (Å²) in [6.07, 6.45) is 3.60. The zero-order valence-electron chi connectivity index (χ0n) is 13.1. The molecule has 1 fully saturated rings. The first-order chi connectivity index (χ1) is 9.88. The van der Waals surface area contributed by atoms with E-state index in [4.69, 9.17) is 5.73 Å². The number of carbonyl (C=O) groups excluding carboxylic acids is 1. The number of nitrogens with two attached hydrogens (primary N) is 1. The fourth-order valence-electron chi connectivity index (χ4n) is 2.91. The van der Waals surface area contributed by atoms with Gasteiger partial charge in [-0.2, -0.15) is 5.10 Å². The third-order valence-electron chi connectivity index (χ3n) is 4.54. The SMILES string of the molecule is CC1CCC(CO)(NC(=O)c2n[nH]c(C(C)C)c2N)CC1. The maximum absolute atomic E-state index is 12.4. The Balaban J connectivity index is 2.13. The number of hydrogen-bond acceptors (Lipinski definition) is 4. The van der Waals surface area contributed by atoms with Gasteiger partial charge >= 0.3 is 0 Å². The summed E-state index contributed by atoms with van der Waals surface area (Å²) in [4.78, 5) is 12.4. The molecule has 0 aliphatic heterocycles. The third-order valence-corrected chi connectivity index (χ3v) is 4.54. The molecular formula is C15H26N4O2. The van der Waals surface area contributed by atoms with Crippen LogP contribution in [0.25, 0.3) is 0 Å². The lowest BCUT2D eigenvalue weighted by molar-refractivity contribution is 0.0713. The van der Waals surface area contributed by atoms with Gasteiger partial charge in [-0.1, -0.05) is 20.8 Å². The van der Waals surface area contributed by atoms with Crippen molar-refractivity contribution in [2.45, 2.75) is 57.9 Å². The van der Waals surface area contributed by atoms with Crippen LogP contribution in [0, 0.1) is 5.92 Å². The topological polar surface area (TPSA) is 104 Å². The van der Waals surface area contributed by atoms with Crippen LogP contribution in [0.4, 0.5) is 5.69 Å². The molecule has 1 heterocycles. The molecule has 118 valence electrons. The number of nitrogens with zero attached hydrogens (tertiary/aromatic N) is 1. The van der Waals surface area contributed by atoms with Gasteiger partial charge in [0.1, 0.15) is 0 Å². The van der Waals surface area contributed by atoms with Crippen LogP contribution in [0.1, 0.15) is 68.6 Å². The second kappa shape index (κ2) is 6.05. The fourth-order valence-corrected chi connectivity index (χ4v) is 2.91. The van der Waals surface area contributed by atoms with Crippen LogP contribution in [0.15, 0.2) is 0 Å². The van der Waals surface area contributed by atoms with Gasteiger partial charge in [0, 0.05) is 0 Å². The monoisotopic (exact) mass is 294 g/mol. The molecule has 2 rings (SSSR count). The summed E-state index contributed by atoms with van der Waals surface area (Å²) >= 11 is 0. The van der Waals surface area contributed by atoms with Gasteiger partial charge in [-0.25, -0.2) is 0 Å². The Hall–Kier alpha value is -1.56. The van der Waals surface area contributed by atoms with E-state index in [2.05, 4.69) is 22.4 Å². The highest BCUT2D eigenvalue weighted by atomic mass is 16.3. The van der Waals surface area contributed by atoms with Crippen molar-refractivity contribution in [3.05, 3.63) is 11.4 Å². The van der Waals surface area contributed by atoms with E-state index in [-0.39, 0.29) is 24.1 Å². The molecule has 0 spiro atoms. The first-order valence-electron chi connectivity index (χ1n) is 7.65. The first kappa shape index (κ1) is 15.8. The van der Waals surface area contributed by atoms with Gasteiger partial charge in [-0.05, 0) is 37.5 Å². The van der Waals surface area contributed by atoms with Crippen molar-refractivity contribution in [1.82, 2.24) is 15.5 Å². The second-order valence-corrected chi connectivity index (χ2v) is 6.63. The number of carbonyl (C=O) groups is 1. The number of nitrogens with one attached hydrogen (secondary N) is 2. The molecule has 5 N–H and O–H groups in total. The second-order valence-electron chi connectivity index (χ2n) is 6.63. The molecule has 0 bridgehead atoms. The van der Waals surface area contributed by atoms with E-state index in [9.17, 15) is 9.90 Å². The van der Waals surface area contributed by atoms with E-state index in [1.54, 1.807) is 0 Å². The summed E-state index contributed by atoms with van der Waals surface area (Å²) in [5, 5.41) is 19.5. The van der Waals surface area contributed by atoms with Crippen LogP contribution >= 0.6 is 0 Å². The lowest BCUT2D eigenvalue weighted by Crippen LogP contribution is -2.53. The highest BCUT2D eigenvalue weighted by Crippen LogP contribution is 2.32. The molecule has 6 heteroatoms. The van der Waals surface area contributed by atoms with Crippen LogP contribution in [0.2, 0.25) is 0 Å². The number of nitrogen functional groups attached to an aromatic ring is 1. The first-order valence-corrected chi connectivity index (χ1v) is 7.65. The van der Waals surface area contributed by atoms with E-state index in [0.29, 0.717) is 11.6 Å². The molecule has 1 aliphatic rings. The van der Waals surface area contributed by atoms with E-state index in [0.717, 1.165) is 31.4 Å². The zero-order valence-corrected chi connectivity index (χ0v) is 13.1. The van der Waals surface area contributed by atoms with E-state index in [1.165, 1.54) is 0 Å². The Morgan fingerprint density at radius 1 is 1.52 bits per heavy atom. The standard InChI is InChI=1S/C15H26N4O2/c1-9(2)12-11(16)13(19-18-12)14(21)17-15(8-20)6-4-10(3)5-7-15/h9-10,20H,4-8,16H2,1-3H3,(H,17,21)(H,18,19). The van der Waals surface area contributed by atoms with Crippen LogP contribution in [0.3, 0.4) is 0 Å². The van der Waals surface area contributed by atoms with Crippen LogP contribution in [-0.4, -0.2) is 33.4 Å². The molecule has 0 unspecified atom stereocenters. The lowest BCUT2D eigenvalue weighted by Gasteiger charge is -2.38. The highest BCUT2D eigenvalue weighted by Gasteiger charge is 2.36. The van der Waals surface area contributed by atoms with E-state index >= 15 is 0 Å². The molecule has 1 amide bonds. The number of aliphatic hydroxyl groups is 1. The minimum atomic E-state index is -0.535. The minimum Gasteiger partial charge on any atom is -0.395 e. The van der Waals surface area contributed by atoms with Crippen molar-refractivity contribution in [3.8, 4) is 0 Å². The van der Waals surface area contributed by atoms with E-state index in [1.807, 2.05) is 13.8 Å². The van der Waals surface area contributed by atoms with Gasteiger partial charge in [-0.15, -0.1) is 0 Å². The van der Waals surface area contributed by atoms with Gasteiger partial charge in [0.05, 0.1) is 23.5 Å². The number of hydrogen-bond donors (Lipinski definition) is 4. The van der Waals surface area contributed by atoms with Crippen molar-refractivity contribution in [2.75, 3.05) is 12.3 Å². The average molecular weight is 294 g/mol. The van der Waals surface area contributed by atoms with Crippen molar-refractivity contribution in [1.29, 1.82) is 0 Å². The quantitative estimate of drug-likeness (QED) is 0.679. The number of aromatic amines is 1. The minimum absolute atomic E-state index is 0.0488. The molecule has 0 atom stereocenters. The number of aromatic nitrogens is 2. The fraction of sp³-hybridized carbons (Fsp3) is 0.733. The highest BCUT2D eigenvalue weighted by molar-refractivity contribution is 5.98. The number of anilines is 1. The number of rotatable bonds is 4. The maximum Gasteiger partial charge on any atom is 0.274 e. The van der Waals surface area contributed by atoms with Gasteiger partial charge < -0.3 is 16.2 Å². The predicted molar refractivity (Wildman–Crippen MR) is 82.0 cm³/mol. The average Bonchev–Trinajstić information content (AvgIpc) is 2.84.